The van der Waals surface area contributed by atoms with Crippen LogP contribution in [0.15, 0.2) is 30.6 Å². The number of amides is 1. The predicted octanol–water partition coefficient (Wildman–Crippen LogP) is 3.37. The van der Waals surface area contributed by atoms with E-state index >= 15 is 0 Å². The van der Waals surface area contributed by atoms with Gasteiger partial charge in [0.25, 0.3) is 5.91 Å². The maximum absolute atomic E-state index is 13.2. The van der Waals surface area contributed by atoms with Crippen LogP contribution in [0.1, 0.15) is 69.1 Å². The van der Waals surface area contributed by atoms with Gasteiger partial charge in [-0.15, -0.1) is 0 Å². The van der Waals surface area contributed by atoms with E-state index in [4.69, 9.17) is 9.31 Å². The fourth-order valence-electron chi connectivity index (χ4n) is 3.68. The molecule has 3 heterocycles. The number of nitrogens with zero attached hydrogens (tertiary/aromatic N) is 4. The Morgan fingerprint density at radius 3 is 2.41 bits per heavy atom. The number of benzene rings is 1. The Kier molecular flexibility index (Phi) is 6.52. The molecule has 1 saturated heterocycles. The molecule has 13 heteroatoms. The van der Waals surface area contributed by atoms with Crippen molar-refractivity contribution in [2.24, 2.45) is 0 Å². The molecule has 4 rings (SSSR count). The number of halogens is 3. The molecule has 2 aromatic heterocycles. The average Bonchev–Trinajstić information content (AvgIpc) is 3.50. The predicted molar refractivity (Wildman–Crippen MR) is 131 cm³/mol. The van der Waals surface area contributed by atoms with Gasteiger partial charge in [-0.1, -0.05) is 12.1 Å². The summed E-state index contributed by atoms with van der Waals surface area (Å²) in [4.78, 5) is 16.5. The van der Waals surface area contributed by atoms with Crippen molar-refractivity contribution in [3.63, 3.8) is 0 Å². The third-order valence-electron chi connectivity index (χ3n) is 7.05. The molecule has 1 aliphatic heterocycles. The van der Waals surface area contributed by atoms with Crippen molar-refractivity contribution in [2.45, 2.75) is 77.8 Å². The Morgan fingerprint density at radius 1 is 1.16 bits per heavy atom. The molecule has 3 aromatic rings. The second-order valence-electron chi connectivity index (χ2n) is 10.7. The lowest BCUT2D eigenvalue weighted by Crippen LogP contribution is -2.41. The summed E-state index contributed by atoms with van der Waals surface area (Å²) in [5.41, 5.74) is -0.276. The summed E-state index contributed by atoms with van der Waals surface area (Å²) < 4.78 is 53.5. The van der Waals surface area contributed by atoms with E-state index in [2.05, 4.69) is 25.6 Å². The smallest absolute Gasteiger partial charge is 0.399 e. The van der Waals surface area contributed by atoms with Crippen molar-refractivity contribution in [3.05, 3.63) is 53.4 Å². The molecule has 1 aliphatic rings. The Labute approximate surface area is 213 Å². The van der Waals surface area contributed by atoms with Crippen LogP contribution in [-0.2, 0) is 21.3 Å². The molecule has 0 aliphatic carbocycles. The van der Waals surface area contributed by atoms with Crippen LogP contribution in [0.4, 0.5) is 13.2 Å². The highest BCUT2D eigenvalue weighted by Crippen LogP contribution is 2.38. The van der Waals surface area contributed by atoms with E-state index < -0.39 is 41.6 Å². The first-order chi connectivity index (χ1) is 17.0. The van der Waals surface area contributed by atoms with Gasteiger partial charge in [0.1, 0.15) is 11.2 Å². The van der Waals surface area contributed by atoms with Crippen LogP contribution in [0.5, 0.6) is 0 Å². The zero-order chi connectivity index (χ0) is 27.4. The first kappa shape index (κ1) is 26.9. The molecule has 0 spiro atoms. The molecule has 198 valence electrons. The number of hydrogen-bond donors (Lipinski definition) is 2. The second-order valence-corrected chi connectivity index (χ2v) is 10.7. The molecule has 0 unspecified atom stereocenters. The topological polar surface area (TPSA) is 107 Å². The van der Waals surface area contributed by atoms with E-state index in [1.807, 2.05) is 52.8 Å². The number of hydrogen-bond acceptors (Lipinski definition) is 6. The lowest BCUT2D eigenvalue weighted by molar-refractivity contribution is -0.182. The minimum absolute atomic E-state index is 0.113. The minimum atomic E-state index is -4.51. The number of H-pyrrole nitrogens is 1. The molecule has 37 heavy (non-hydrogen) atoms. The number of aromatic nitrogens is 5. The molecular weight excluding hydrogens is 488 g/mol. The van der Waals surface area contributed by atoms with E-state index in [-0.39, 0.29) is 17.9 Å². The quantitative estimate of drug-likeness (QED) is 0.485. The number of rotatable bonds is 6. The monoisotopic (exact) mass is 518 g/mol. The van der Waals surface area contributed by atoms with Gasteiger partial charge >= 0.3 is 13.3 Å². The van der Waals surface area contributed by atoms with Gasteiger partial charge in [-0.25, -0.2) is 9.67 Å². The Bertz CT molecular complexity index is 1300. The van der Waals surface area contributed by atoms with Crippen molar-refractivity contribution < 1.29 is 27.3 Å². The van der Waals surface area contributed by atoms with Crippen LogP contribution in [0, 0.1) is 6.92 Å². The van der Waals surface area contributed by atoms with Crippen molar-refractivity contribution >= 4 is 18.5 Å². The van der Waals surface area contributed by atoms with Crippen LogP contribution in [-0.4, -0.2) is 55.4 Å². The van der Waals surface area contributed by atoms with E-state index in [1.165, 1.54) is 6.20 Å². The van der Waals surface area contributed by atoms with Gasteiger partial charge in [-0.3, -0.25) is 9.89 Å². The molecule has 0 bridgehead atoms. The number of carbonyl (C=O) groups excluding carboxylic acids is 1. The van der Waals surface area contributed by atoms with Gasteiger partial charge in [0, 0.05) is 6.20 Å². The fourth-order valence-corrected chi connectivity index (χ4v) is 3.68. The number of carbonyl (C=O) groups is 1. The summed E-state index contributed by atoms with van der Waals surface area (Å²) in [6, 6.07) is 5.74. The molecule has 0 saturated carbocycles. The third kappa shape index (κ3) is 5.02. The summed E-state index contributed by atoms with van der Waals surface area (Å²) in [6.07, 6.45) is -1.52. The largest absolute Gasteiger partial charge is 0.494 e. The molecule has 9 nitrogen and oxygen atoms in total. The van der Waals surface area contributed by atoms with E-state index in [9.17, 15) is 18.0 Å². The Hall–Kier alpha value is -3.19. The van der Waals surface area contributed by atoms with E-state index in [1.54, 1.807) is 10.9 Å². The lowest BCUT2D eigenvalue weighted by Gasteiger charge is -2.32. The molecule has 1 aromatic carbocycles. The molecule has 0 radical (unpaired) electrons. The number of aromatic amines is 1. The SMILES string of the molecule is Cc1cc(B2OC(C)(C)C(C)(C)O2)ccc1-n1cc(C(=O)NCc2nc(C(C)(C)C(F)(F)F)n[nH]2)cn1. The van der Waals surface area contributed by atoms with Gasteiger partial charge in [-0.2, -0.15) is 23.4 Å². The minimum Gasteiger partial charge on any atom is -0.399 e. The summed E-state index contributed by atoms with van der Waals surface area (Å²) >= 11 is 0. The fraction of sp³-hybridized carbons (Fsp3) is 0.500. The van der Waals surface area contributed by atoms with Crippen molar-refractivity contribution in [1.82, 2.24) is 30.3 Å². The highest BCUT2D eigenvalue weighted by atomic mass is 19.4. The second kappa shape index (κ2) is 8.98. The van der Waals surface area contributed by atoms with Crippen molar-refractivity contribution in [2.75, 3.05) is 0 Å². The normalized spacial score (nSPS) is 17.3. The summed E-state index contributed by atoms with van der Waals surface area (Å²) in [5, 5.41) is 13.0. The highest BCUT2D eigenvalue weighted by molar-refractivity contribution is 6.62. The number of aryl methyl sites for hydroxylation is 1. The highest BCUT2D eigenvalue weighted by Gasteiger charge is 2.52. The summed E-state index contributed by atoms with van der Waals surface area (Å²) in [7, 11) is -0.491. The van der Waals surface area contributed by atoms with Crippen LogP contribution in [0.3, 0.4) is 0 Å². The van der Waals surface area contributed by atoms with Crippen LogP contribution < -0.4 is 10.8 Å². The van der Waals surface area contributed by atoms with E-state index in [0.29, 0.717) is 0 Å². The van der Waals surface area contributed by atoms with Gasteiger partial charge in [-0.05, 0) is 65.6 Å². The van der Waals surface area contributed by atoms with Gasteiger partial charge < -0.3 is 14.6 Å². The first-order valence-corrected chi connectivity index (χ1v) is 11.8. The van der Waals surface area contributed by atoms with E-state index in [0.717, 1.165) is 30.6 Å². The average molecular weight is 518 g/mol. The van der Waals surface area contributed by atoms with Gasteiger partial charge in [0.15, 0.2) is 5.82 Å². The van der Waals surface area contributed by atoms with Crippen molar-refractivity contribution in [3.8, 4) is 5.69 Å². The number of nitrogens with one attached hydrogen (secondary N) is 2. The molecule has 2 N–H and O–H groups in total. The van der Waals surface area contributed by atoms with Gasteiger partial charge in [0.2, 0.25) is 0 Å². The lowest BCUT2D eigenvalue weighted by atomic mass is 9.78. The Balaban J connectivity index is 1.42. The third-order valence-corrected chi connectivity index (χ3v) is 7.05. The maximum atomic E-state index is 13.2. The molecule has 1 amide bonds. The van der Waals surface area contributed by atoms with Gasteiger partial charge in [0.05, 0.1) is 35.2 Å². The standard InChI is InChI=1S/C24H30BF3N6O3/c1-14-10-16(25-36-22(4,5)23(6,7)37-25)8-9-17(14)34-13-15(11-30-34)19(35)29-12-18-31-20(33-32-18)21(2,3)24(26,27)28/h8-11,13H,12H2,1-7H3,(H,29,35)(H,31,32,33). The van der Waals surface area contributed by atoms with Crippen LogP contribution in [0.25, 0.3) is 5.69 Å². The summed E-state index contributed by atoms with van der Waals surface area (Å²) in [6.45, 7) is 11.8. The molecule has 1 fully saturated rings. The Morgan fingerprint density at radius 2 is 1.81 bits per heavy atom. The zero-order valence-corrected chi connectivity index (χ0v) is 21.8. The maximum Gasteiger partial charge on any atom is 0.494 e. The van der Waals surface area contributed by atoms with Crippen molar-refractivity contribution in [1.29, 1.82) is 0 Å². The molecule has 0 atom stereocenters. The number of alkyl halides is 3. The first-order valence-electron chi connectivity index (χ1n) is 11.8. The summed E-state index contributed by atoms with van der Waals surface area (Å²) in [5.74, 6) is -0.732. The van der Waals surface area contributed by atoms with Crippen LogP contribution >= 0.6 is 0 Å². The zero-order valence-electron chi connectivity index (χ0n) is 21.8. The van der Waals surface area contributed by atoms with Crippen LogP contribution in [0.2, 0.25) is 0 Å². The molecular formula is C24H30BF3N6O3.